The zero-order valence-electron chi connectivity index (χ0n) is 21.9. The molecule has 1 aliphatic heterocycles. The molecule has 2 heterocycles. The Labute approximate surface area is 231 Å². The number of aromatic nitrogens is 1. The number of ketones is 1. The third-order valence-corrected chi connectivity index (χ3v) is 7.64. The Hall–Kier alpha value is -3.48. The first kappa shape index (κ1) is 27.1. The van der Waals surface area contributed by atoms with Crippen LogP contribution in [0.1, 0.15) is 55.0 Å². The molecule has 39 heavy (non-hydrogen) atoms. The third-order valence-electron chi connectivity index (χ3n) is 7.40. The number of halogens is 3. The number of hydrogen-bond acceptors (Lipinski definition) is 3. The van der Waals surface area contributed by atoms with Crippen molar-refractivity contribution < 1.29 is 18.7 Å². The molecule has 0 saturated carbocycles. The second-order valence-electron chi connectivity index (χ2n) is 10.3. The van der Waals surface area contributed by atoms with Gasteiger partial charge in [-0.3, -0.25) is 4.79 Å². The lowest BCUT2D eigenvalue weighted by atomic mass is 9.84. The van der Waals surface area contributed by atoms with E-state index in [0.29, 0.717) is 35.8 Å². The second-order valence-corrected chi connectivity index (χ2v) is 10.7. The number of alkyl halides is 2. The van der Waals surface area contributed by atoms with E-state index in [2.05, 4.69) is 12.2 Å². The Balaban J connectivity index is 1.47. The Bertz CT molecular complexity index is 1550. The Morgan fingerprint density at radius 3 is 2.74 bits per heavy atom. The number of β-amino-alcohol motifs (C(OH)–C–C–N with tert-alkyl or cyclic N) is 1. The summed E-state index contributed by atoms with van der Waals surface area (Å²) in [4.78, 5) is 13.2. The normalized spacial score (nSPS) is 16.3. The molecule has 0 bridgehead atoms. The van der Waals surface area contributed by atoms with Gasteiger partial charge in [0.25, 0.3) is 5.92 Å². The average molecular weight is 549 g/mol. The summed E-state index contributed by atoms with van der Waals surface area (Å²) in [6, 6.07) is 19.6. The van der Waals surface area contributed by atoms with Crippen molar-refractivity contribution in [1.82, 2.24) is 4.57 Å². The minimum Gasteiger partial charge on any atom is -0.391 e. The number of carbonyl (C=O) groups excluding carboxylic acids is 1. The van der Waals surface area contributed by atoms with E-state index in [1.807, 2.05) is 41.0 Å². The van der Waals surface area contributed by atoms with Gasteiger partial charge in [0.2, 0.25) is 0 Å². The van der Waals surface area contributed by atoms with E-state index in [0.717, 1.165) is 41.1 Å². The minimum absolute atomic E-state index is 0.0114. The molecule has 202 valence electrons. The Morgan fingerprint density at radius 2 is 1.97 bits per heavy atom. The Kier molecular flexibility index (Phi) is 7.61. The van der Waals surface area contributed by atoms with Crippen LogP contribution in [-0.4, -0.2) is 28.1 Å². The number of rotatable bonds is 8. The number of anilines is 1. The van der Waals surface area contributed by atoms with E-state index < -0.39 is 12.0 Å². The molecule has 4 nitrogen and oxygen atoms in total. The van der Waals surface area contributed by atoms with Crippen molar-refractivity contribution in [3.8, 4) is 5.69 Å². The molecule has 0 radical (unpaired) electrons. The van der Waals surface area contributed by atoms with Crippen molar-refractivity contribution in [2.24, 2.45) is 0 Å². The fraction of sp³-hybridized carbons (Fsp3) is 0.281. The second kappa shape index (κ2) is 10.9. The first-order valence-corrected chi connectivity index (χ1v) is 13.6. The van der Waals surface area contributed by atoms with Crippen molar-refractivity contribution >= 4 is 40.1 Å². The summed E-state index contributed by atoms with van der Waals surface area (Å²) < 4.78 is 30.1. The Morgan fingerprint density at radius 1 is 1.18 bits per heavy atom. The number of fused-ring (bicyclic) bond motifs is 2. The summed E-state index contributed by atoms with van der Waals surface area (Å²) in [5.74, 6) is -3.00. The fourth-order valence-electron chi connectivity index (χ4n) is 5.42. The van der Waals surface area contributed by atoms with Crippen LogP contribution in [0.15, 0.2) is 72.8 Å². The molecule has 2 atom stereocenters. The highest BCUT2D eigenvalue weighted by Gasteiger charge is 2.25. The molecule has 2 N–H and O–H groups in total. The lowest BCUT2D eigenvalue weighted by Gasteiger charge is -2.27. The van der Waals surface area contributed by atoms with Gasteiger partial charge in [0.15, 0.2) is 5.78 Å². The summed E-state index contributed by atoms with van der Waals surface area (Å²) >= 11 is 6.23. The standard InChI is InChI=1S/C32H31ClF2N2O2/c1-3-20(28-8-5-9-30-29(28)18-27(39)19-36-30)16-26(38)12-11-25-15-21-14-23(33)10-13-31(21)37(25)24-7-4-6-22(17-24)32(2,34)35/h4-15,17,20,27,36,39H,3,16,18-19H2,1-2H3/b12-11+. The van der Waals surface area contributed by atoms with Crippen molar-refractivity contribution in [1.29, 1.82) is 0 Å². The highest BCUT2D eigenvalue weighted by atomic mass is 35.5. The predicted molar refractivity (Wildman–Crippen MR) is 154 cm³/mol. The molecule has 0 aliphatic carbocycles. The minimum atomic E-state index is -2.98. The molecule has 0 fully saturated rings. The number of allylic oxidation sites excluding steroid dienone is 1. The van der Waals surface area contributed by atoms with Crippen LogP contribution in [0.25, 0.3) is 22.7 Å². The van der Waals surface area contributed by atoms with Gasteiger partial charge in [-0.2, -0.15) is 0 Å². The summed E-state index contributed by atoms with van der Waals surface area (Å²) in [7, 11) is 0. The first-order chi connectivity index (χ1) is 18.6. The smallest absolute Gasteiger partial charge is 0.270 e. The highest BCUT2D eigenvalue weighted by Crippen LogP contribution is 2.35. The first-order valence-electron chi connectivity index (χ1n) is 13.2. The number of nitrogens with one attached hydrogen (secondary N) is 1. The number of aliphatic hydroxyl groups is 1. The molecule has 4 aromatic rings. The number of aliphatic hydroxyl groups excluding tert-OH is 1. The van der Waals surface area contributed by atoms with E-state index >= 15 is 0 Å². The van der Waals surface area contributed by atoms with Gasteiger partial charge in [0.05, 0.1) is 11.6 Å². The summed E-state index contributed by atoms with van der Waals surface area (Å²) in [5.41, 5.74) is 5.16. The zero-order valence-corrected chi connectivity index (χ0v) is 22.7. The number of benzene rings is 3. The van der Waals surface area contributed by atoms with Gasteiger partial charge in [0, 0.05) is 59.4 Å². The van der Waals surface area contributed by atoms with Crippen molar-refractivity contribution in [2.75, 3.05) is 11.9 Å². The van der Waals surface area contributed by atoms with E-state index in [1.54, 1.807) is 30.4 Å². The van der Waals surface area contributed by atoms with E-state index in [-0.39, 0.29) is 17.3 Å². The van der Waals surface area contributed by atoms with Crippen LogP contribution in [0.4, 0.5) is 14.5 Å². The van der Waals surface area contributed by atoms with E-state index in [1.165, 1.54) is 12.1 Å². The van der Waals surface area contributed by atoms with Crippen LogP contribution in [-0.2, 0) is 17.1 Å². The van der Waals surface area contributed by atoms with Gasteiger partial charge < -0.3 is 15.0 Å². The maximum atomic E-state index is 14.1. The number of carbonyl (C=O) groups is 1. The van der Waals surface area contributed by atoms with Crippen molar-refractivity contribution in [2.45, 2.75) is 51.1 Å². The van der Waals surface area contributed by atoms with Crippen molar-refractivity contribution in [3.63, 3.8) is 0 Å². The van der Waals surface area contributed by atoms with Crippen LogP contribution in [0.2, 0.25) is 5.02 Å². The van der Waals surface area contributed by atoms with Gasteiger partial charge in [-0.1, -0.05) is 42.8 Å². The number of nitrogens with zero attached hydrogens (tertiary/aromatic N) is 1. The fourth-order valence-corrected chi connectivity index (χ4v) is 5.60. The molecule has 0 saturated heterocycles. The monoisotopic (exact) mass is 548 g/mol. The molecule has 1 aliphatic rings. The quantitative estimate of drug-likeness (QED) is 0.220. The maximum Gasteiger partial charge on any atom is 0.270 e. The molecule has 2 unspecified atom stereocenters. The van der Waals surface area contributed by atoms with Crippen LogP contribution in [0.3, 0.4) is 0 Å². The van der Waals surface area contributed by atoms with Gasteiger partial charge in [0.1, 0.15) is 0 Å². The summed E-state index contributed by atoms with van der Waals surface area (Å²) in [6.07, 6.45) is 4.53. The average Bonchev–Trinajstić information content (AvgIpc) is 3.27. The van der Waals surface area contributed by atoms with Gasteiger partial charge in [-0.05, 0) is 78.1 Å². The van der Waals surface area contributed by atoms with E-state index in [9.17, 15) is 18.7 Å². The van der Waals surface area contributed by atoms with Gasteiger partial charge in [-0.15, -0.1) is 0 Å². The van der Waals surface area contributed by atoms with Crippen LogP contribution >= 0.6 is 11.6 Å². The van der Waals surface area contributed by atoms with Crippen LogP contribution in [0.5, 0.6) is 0 Å². The SMILES string of the molecule is CCC(CC(=O)/C=C/c1cc2cc(Cl)ccc2n1-c1cccc(C(C)(F)F)c1)c1cccc2c1CC(O)CN2. The lowest BCUT2D eigenvalue weighted by Crippen LogP contribution is -2.28. The lowest BCUT2D eigenvalue weighted by molar-refractivity contribution is -0.114. The molecular weight excluding hydrogens is 518 g/mol. The predicted octanol–water partition coefficient (Wildman–Crippen LogP) is 7.89. The summed E-state index contributed by atoms with van der Waals surface area (Å²) in [5, 5.41) is 14.9. The summed E-state index contributed by atoms with van der Waals surface area (Å²) in [6.45, 7) is 3.46. The third kappa shape index (κ3) is 5.77. The number of hydrogen-bond donors (Lipinski definition) is 2. The topological polar surface area (TPSA) is 54.3 Å². The molecule has 1 aromatic heterocycles. The zero-order chi connectivity index (χ0) is 27.7. The maximum absolute atomic E-state index is 14.1. The molecular formula is C32H31ClF2N2O2. The van der Waals surface area contributed by atoms with Gasteiger partial charge in [-0.25, -0.2) is 8.78 Å². The van der Waals surface area contributed by atoms with Gasteiger partial charge >= 0.3 is 0 Å². The molecule has 7 heteroatoms. The van der Waals surface area contributed by atoms with Crippen LogP contribution in [0, 0.1) is 0 Å². The molecule has 0 spiro atoms. The van der Waals surface area contributed by atoms with Crippen molar-refractivity contribution in [3.05, 3.63) is 100 Å². The van der Waals surface area contributed by atoms with E-state index in [4.69, 9.17) is 11.6 Å². The highest BCUT2D eigenvalue weighted by molar-refractivity contribution is 6.31. The largest absolute Gasteiger partial charge is 0.391 e. The molecule has 0 amide bonds. The molecule has 3 aromatic carbocycles. The van der Waals surface area contributed by atoms with Crippen LogP contribution < -0.4 is 5.32 Å². The molecule has 5 rings (SSSR count).